The number of nitrogens with two attached hydrogens (primary N) is 1. The molecule has 0 fully saturated rings. The minimum absolute atomic E-state index is 0.0317. The van der Waals surface area contributed by atoms with Gasteiger partial charge in [0.1, 0.15) is 5.76 Å². The smallest absolute Gasteiger partial charge is 0.372 e. The van der Waals surface area contributed by atoms with E-state index in [2.05, 4.69) is 24.4 Å². The van der Waals surface area contributed by atoms with Gasteiger partial charge in [-0.2, -0.15) is 5.10 Å². The molecule has 1 aliphatic carbocycles. The fourth-order valence-corrected chi connectivity index (χ4v) is 2.58. The molecular weight excluding hydrogens is 278 g/mol. The quantitative estimate of drug-likeness (QED) is 0.568. The van der Waals surface area contributed by atoms with E-state index in [0.717, 1.165) is 11.3 Å². The summed E-state index contributed by atoms with van der Waals surface area (Å²) in [7, 11) is 0. The van der Waals surface area contributed by atoms with Crippen LogP contribution in [0.15, 0.2) is 9.52 Å². The molecule has 0 radical (unpaired) electrons. The summed E-state index contributed by atoms with van der Waals surface area (Å²) >= 11 is 4.74. The predicted molar refractivity (Wildman–Crippen MR) is 79.0 cm³/mol. The molecule has 108 valence electrons. The summed E-state index contributed by atoms with van der Waals surface area (Å²) < 4.78 is 5.50. The number of fused-ring (bicyclic) bond motifs is 1. The Balaban J connectivity index is 2.55. The lowest BCUT2D eigenvalue weighted by Gasteiger charge is -2.29. The zero-order valence-electron chi connectivity index (χ0n) is 11.6. The van der Waals surface area contributed by atoms with Crippen molar-refractivity contribution in [1.29, 1.82) is 0 Å². The van der Waals surface area contributed by atoms with E-state index in [0.29, 0.717) is 24.2 Å². The van der Waals surface area contributed by atoms with Crippen molar-refractivity contribution in [2.75, 3.05) is 0 Å². The van der Waals surface area contributed by atoms with Gasteiger partial charge in [0.2, 0.25) is 5.76 Å². The van der Waals surface area contributed by atoms with Gasteiger partial charge in [-0.15, -0.1) is 0 Å². The molecule has 1 heterocycles. The van der Waals surface area contributed by atoms with Gasteiger partial charge in [-0.05, 0) is 31.0 Å². The molecule has 1 aromatic heterocycles. The van der Waals surface area contributed by atoms with Crippen molar-refractivity contribution in [3.63, 3.8) is 0 Å². The van der Waals surface area contributed by atoms with E-state index in [-0.39, 0.29) is 16.3 Å². The fourth-order valence-electron chi connectivity index (χ4n) is 2.54. The summed E-state index contributed by atoms with van der Waals surface area (Å²) in [5, 5.41) is 13.4. The predicted octanol–water partition coefficient (Wildman–Crippen LogP) is 1.80. The monoisotopic (exact) mass is 295 g/mol. The molecule has 1 aromatic rings. The maximum atomic E-state index is 11.2. The Morgan fingerprint density at radius 2 is 2.15 bits per heavy atom. The number of hydrogen-bond acceptors (Lipinski definition) is 4. The third-order valence-corrected chi connectivity index (χ3v) is 3.38. The molecule has 0 aliphatic heterocycles. The van der Waals surface area contributed by atoms with Crippen LogP contribution in [0.4, 0.5) is 0 Å². The standard InChI is InChI=1S/C13H17N3O3S/c1-6-9-7(15-16-12(14)20)4-13(2,3)5-8(9)19-10(6)11(17)18/h4-5H2,1-3H3,(H,17,18)(H3,14,16,20)/b15-7-. The van der Waals surface area contributed by atoms with Crippen molar-refractivity contribution in [2.24, 2.45) is 16.3 Å². The molecule has 6 nitrogen and oxygen atoms in total. The van der Waals surface area contributed by atoms with E-state index in [9.17, 15) is 4.79 Å². The average molecular weight is 295 g/mol. The average Bonchev–Trinajstić information content (AvgIpc) is 2.62. The SMILES string of the molecule is Cc1c(C(=O)O)oc2c1/C(=N\NC(N)=S)CC(C)(C)C2. The van der Waals surface area contributed by atoms with Gasteiger partial charge in [-0.25, -0.2) is 4.79 Å². The van der Waals surface area contributed by atoms with E-state index in [1.165, 1.54) is 0 Å². The second-order valence-corrected chi connectivity index (χ2v) is 6.15. The highest BCUT2D eigenvalue weighted by Gasteiger charge is 2.36. The van der Waals surface area contributed by atoms with E-state index < -0.39 is 5.97 Å². The number of rotatable bonds is 2. The molecule has 0 bridgehead atoms. The Hall–Kier alpha value is -1.89. The molecule has 1 aliphatic rings. The topological polar surface area (TPSA) is 101 Å². The zero-order chi connectivity index (χ0) is 15.1. The number of carboxylic acid groups (broad SMARTS) is 1. The third kappa shape index (κ3) is 2.67. The van der Waals surface area contributed by atoms with Gasteiger partial charge in [0.25, 0.3) is 0 Å². The van der Waals surface area contributed by atoms with Crippen LogP contribution >= 0.6 is 12.2 Å². The molecule has 4 N–H and O–H groups in total. The molecule has 0 saturated heterocycles. The van der Waals surface area contributed by atoms with Gasteiger partial charge in [-0.3, -0.25) is 5.43 Å². The minimum Gasteiger partial charge on any atom is -0.475 e. The lowest BCUT2D eigenvalue weighted by Crippen LogP contribution is -2.31. The van der Waals surface area contributed by atoms with E-state index >= 15 is 0 Å². The number of thiocarbonyl (C=S) groups is 1. The Labute approximate surface area is 122 Å². The van der Waals surface area contributed by atoms with Crippen LogP contribution in [0.1, 0.15) is 47.7 Å². The summed E-state index contributed by atoms with van der Waals surface area (Å²) in [6.45, 7) is 5.87. The Kier molecular flexibility index (Phi) is 3.56. The molecule has 0 saturated carbocycles. The summed E-state index contributed by atoms with van der Waals surface area (Å²) in [4.78, 5) is 11.2. The van der Waals surface area contributed by atoms with E-state index in [1.54, 1.807) is 6.92 Å². The number of hydrogen-bond donors (Lipinski definition) is 3. The van der Waals surface area contributed by atoms with Gasteiger partial charge in [0.05, 0.1) is 5.71 Å². The van der Waals surface area contributed by atoms with Crippen LogP contribution in [0.3, 0.4) is 0 Å². The molecule has 7 heteroatoms. The first-order valence-corrected chi connectivity index (χ1v) is 6.60. The van der Waals surface area contributed by atoms with Gasteiger partial charge < -0.3 is 15.3 Å². The number of carboxylic acids is 1. The van der Waals surface area contributed by atoms with Crippen LogP contribution in [0.5, 0.6) is 0 Å². The summed E-state index contributed by atoms with van der Waals surface area (Å²) in [5.41, 5.74) is 9.95. The minimum atomic E-state index is -1.07. The number of hydrazone groups is 1. The molecule has 20 heavy (non-hydrogen) atoms. The van der Waals surface area contributed by atoms with Crippen molar-refractivity contribution in [2.45, 2.75) is 33.6 Å². The van der Waals surface area contributed by atoms with Crippen molar-refractivity contribution in [3.8, 4) is 0 Å². The van der Waals surface area contributed by atoms with E-state index in [1.807, 2.05) is 0 Å². The summed E-state index contributed by atoms with van der Waals surface area (Å²) in [5.74, 6) is -0.452. The number of nitrogens with zero attached hydrogens (tertiary/aromatic N) is 1. The molecule has 0 aromatic carbocycles. The molecule has 2 rings (SSSR count). The largest absolute Gasteiger partial charge is 0.475 e. The Morgan fingerprint density at radius 3 is 2.70 bits per heavy atom. The highest BCUT2D eigenvalue weighted by molar-refractivity contribution is 7.80. The number of nitrogens with one attached hydrogen (secondary N) is 1. The van der Waals surface area contributed by atoms with Crippen LogP contribution in [-0.2, 0) is 6.42 Å². The maximum Gasteiger partial charge on any atom is 0.372 e. The first kappa shape index (κ1) is 14.5. The second kappa shape index (κ2) is 4.90. The van der Waals surface area contributed by atoms with Crippen LogP contribution in [0, 0.1) is 12.3 Å². The Morgan fingerprint density at radius 1 is 1.50 bits per heavy atom. The first-order valence-electron chi connectivity index (χ1n) is 6.19. The highest BCUT2D eigenvalue weighted by Crippen LogP contribution is 2.38. The van der Waals surface area contributed by atoms with Crippen molar-refractivity contribution < 1.29 is 14.3 Å². The van der Waals surface area contributed by atoms with Crippen LogP contribution < -0.4 is 11.2 Å². The van der Waals surface area contributed by atoms with Crippen molar-refractivity contribution in [3.05, 3.63) is 22.6 Å². The Bertz CT molecular complexity index is 617. The highest BCUT2D eigenvalue weighted by atomic mass is 32.1. The number of aromatic carboxylic acids is 1. The summed E-state index contributed by atoms with van der Waals surface area (Å²) in [6.07, 6.45) is 1.36. The maximum absolute atomic E-state index is 11.2. The van der Waals surface area contributed by atoms with Gasteiger partial charge in [0, 0.05) is 17.5 Å². The third-order valence-electron chi connectivity index (χ3n) is 3.29. The first-order chi connectivity index (χ1) is 9.21. The molecule has 0 spiro atoms. The normalized spacial score (nSPS) is 18.6. The molecule has 0 atom stereocenters. The lowest BCUT2D eigenvalue weighted by molar-refractivity contribution is 0.0658. The number of furan rings is 1. The lowest BCUT2D eigenvalue weighted by atomic mass is 9.75. The van der Waals surface area contributed by atoms with Crippen LogP contribution in [-0.4, -0.2) is 21.9 Å². The van der Waals surface area contributed by atoms with Crippen LogP contribution in [0.2, 0.25) is 0 Å². The zero-order valence-corrected chi connectivity index (χ0v) is 12.4. The molecular formula is C13H17N3O3S. The van der Waals surface area contributed by atoms with Gasteiger partial charge >= 0.3 is 5.97 Å². The summed E-state index contributed by atoms with van der Waals surface area (Å²) in [6, 6.07) is 0. The molecule has 0 amide bonds. The van der Waals surface area contributed by atoms with Crippen molar-refractivity contribution in [1.82, 2.24) is 5.43 Å². The van der Waals surface area contributed by atoms with Gasteiger partial charge in [-0.1, -0.05) is 13.8 Å². The van der Waals surface area contributed by atoms with Gasteiger partial charge in [0.15, 0.2) is 5.11 Å². The number of carbonyl (C=O) groups is 1. The second-order valence-electron chi connectivity index (χ2n) is 5.71. The van der Waals surface area contributed by atoms with E-state index in [4.69, 9.17) is 27.5 Å². The fraction of sp³-hybridized carbons (Fsp3) is 0.462. The van der Waals surface area contributed by atoms with Crippen molar-refractivity contribution >= 4 is 29.0 Å². The van der Waals surface area contributed by atoms with Crippen LogP contribution in [0.25, 0.3) is 0 Å². The molecule has 0 unspecified atom stereocenters.